The van der Waals surface area contributed by atoms with Crippen LogP contribution in [-0.4, -0.2) is 31.7 Å². The standard InChI is InChI=1S/C18H27N3O2S/c1-14(2)24(22,23)20-12-8-4-7-11-19-18-13-15(3)21-17-10-6-5-9-16(17)18/h5-6,9-10,13-14,20H,4,7-8,11-12H2,1-3H3,(H,19,21). The number of sulfonamides is 1. The van der Waals surface area contributed by atoms with Crippen molar-refractivity contribution < 1.29 is 8.42 Å². The second-order valence-corrected chi connectivity index (χ2v) is 8.63. The second-order valence-electron chi connectivity index (χ2n) is 6.30. The minimum atomic E-state index is -3.14. The maximum Gasteiger partial charge on any atom is 0.213 e. The highest BCUT2D eigenvalue weighted by atomic mass is 32.2. The van der Waals surface area contributed by atoms with E-state index < -0.39 is 10.0 Å². The summed E-state index contributed by atoms with van der Waals surface area (Å²) in [6, 6.07) is 10.2. The fourth-order valence-corrected chi connectivity index (χ4v) is 3.25. The molecule has 1 aromatic heterocycles. The molecule has 0 bridgehead atoms. The molecule has 0 saturated heterocycles. The van der Waals surface area contributed by atoms with Gasteiger partial charge in [-0.15, -0.1) is 0 Å². The number of aromatic nitrogens is 1. The fourth-order valence-electron chi connectivity index (χ4n) is 2.48. The molecule has 24 heavy (non-hydrogen) atoms. The van der Waals surface area contributed by atoms with Gasteiger partial charge in [-0.25, -0.2) is 13.1 Å². The molecule has 1 aromatic carbocycles. The number of anilines is 1. The Morgan fingerprint density at radius 3 is 2.54 bits per heavy atom. The lowest BCUT2D eigenvalue weighted by atomic mass is 10.1. The Morgan fingerprint density at radius 2 is 1.79 bits per heavy atom. The van der Waals surface area contributed by atoms with E-state index in [2.05, 4.69) is 27.2 Å². The van der Waals surface area contributed by atoms with Crippen LogP contribution < -0.4 is 10.0 Å². The summed E-state index contributed by atoms with van der Waals surface area (Å²) < 4.78 is 25.9. The van der Waals surface area contributed by atoms with Gasteiger partial charge >= 0.3 is 0 Å². The smallest absolute Gasteiger partial charge is 0.213 e. The van der Waals surface area contributed by atoms with Gasteiger partial charge < -0.3 is 5.32 Å². The van der Waals surface area contributed by atoms with Gasteiger partial charge in [0.25, 0.3) is 0 Å². The number of fused-ring (bicyclic) bond motifs is 1. The Morgan fingerprint density at radius 1 is 1.08 bits per heavy atom. The van der Waals surface area contributed by atoms with Gasteiger partial charge in [-0.1, -0.05) is 24.6 Å². The SMILES string of the molecule is Cc1cc(NCCCCCNS(=O)(=O)C(C)C)c2ccccc2n1. The molecule has 0 radical (unpaired) electrons. The molecule has 2 aromatic rings. The first-order valence-electron chi connectivity index (χ1n) is 8.49. The van der Waals surface area contributed by atoms with Crippen LogP contribution in [0.15, 0.2) is 30.3 Å². The van der Waals surface area contributed by atoms with Gasteiger partial charge in [-0.2, -0.15) is 0 Å². The molecule has 0 aliphatic rings. The van der Waals surface area contributed by atoms with E-state index in [1.54, 1.807) is 13.8 Å². The molecule has 2 N–H and O–H groups in total. The minimum absolute atomic E-state index is 0.373. The van der Waals surface area contributed by atoms with Crippen molar-refractivity contribution in [1.82, 2.24) is 9.71 Å². The van der Waals surface area contributed by atoms with E-state index >= 15 is 0 Å². The van der Waals surface area contributed by atoms with E-state index in [0.29, 0.717) is 6.54 Å². The third-order valence-electron chi connectivity index (χ3n) is 3.94. The Bertz CT molecular complexity index is 773. The van der Waals surface area contributed by atoms with Crippen LogP contribution in [0.2, 0.25) is 0 Å². The van der Waals surface area contributed by atoms with Gasteiger partial charge in [0.2, 0.25) is 10.0 Å². The number of hydrogen-bond donors (Lipinski definition) is 2. The van der Waals surface area contributed by atoms with E-state index in [0.717, 1.165) is 48.1 Å². The third kappa shape index (κ3) is 5.18. The van der Waals surface area contributed by atoms with E-state index in [-0.39, 0.29) is 5.25 Å². The van der Waals surface area contributed by atoms with Gasteiger partial charge in [-0.05, 0) is 45.7 Å². The number of rotatable bonds is 9. The van der Waals surface area contributed by atoms with Gasteiger partial charge in [0.15, 0.2) is 0 Å². The number of para-hydroxylation sites is 1. The highest BCUT2D eigenvalue weighted by Gasteiger charge is 2.13. The number of nitrogens with one attached hydrogen (secondary N) is 2. The molecule has 6 heteroatoms. The summed E-state index contributed by atoms with van der Waals surface area (Å²) in [5.41, 5.74) is 3.11. The predicted molar refractivity (Wildman–Crippen MR) is 101 cm³/mol. The van der Waals surface area contributed by atoms with Crippen molar-refractivity contribution in [3.8, 4) is 0 Å². The molecule has 0 atom stereocenters. The van der Waals surface area contributed by atoms with Crippen molar-refractivity contribution in [3.05, 3.63) is 36.0 Å². The highest BCUT2D eigenvalue weighted by molar-refractivity contribution is 7.90. The lowest BCUT2D eigenvalue weighted by Gasteiger charge is -2.11. The molecular formula is C18H27N3O2S. The summed E-state index contributed by atoms with van der Waals surface area (Å²) in [4.78, 5) is 4.54. The van der Waals surface area contributed by atoms with Crippen LogP contribution in [0.4, 0.5) is 5.69 Å². The molecule has 1 heterocycles. The summed E-state index contributed by atoms with van der Waals surface area (Å²) in [6.45, 7) is 6.75. The van der Waals surface area contributed by atoms with Crippen molar-refractivity contribution in [2.75, 3.05) is 18.4 Å². The van der Waals surface area contributed by atoms with Crippen molar-refractivity contribution in [2.45, 2.75) is 45.3 Å². The monoisotopic (exact) mass is 349 g/mol. The maximum atomic E-state index is 11.6. The number of pyridine rings is 1. The zero-order valence-corrected chi connectivity index (χ0v) is 15.5. The van der Waals surface area contributed by atoms with E-state index in [1.807, 2.05) is 25.1 Å². The van der Waals surface area contributed by atoms with Gasteiger partial charge in [-0.3, -0.25) is 4.98 Å². The van der Waals surface area contributed by atoms with Crippen LogP contribution >= 0.6 is 0 Å². The molecule has 0 saturated carbocycles. The molecule has 0 aliphatic heterocycles. The first-order chi connectivity index (χ1) is 11.4. The predicted octanol–water partition coefficient (Wildman–Crippen LogP) is 3.45. The fraction of sp³-hybridized carbons (Fsp3) is 0.500. The molecule has 0 spiro atoms. The zero-order valence-electron chi connectivity index (χ0n) is 14.7. The molecule has 2 rings (SSSR count). The Hall–Kier alpha value is -1.66. The van der Waals surface area contributed by atoms with Crippen LogP contribution in [-0.2, 0) is 10.0 Å². The Balaban J connectivity index is 1.76. The van der Waals surface area contributed by atoms with Gasteiger partial charge in [0, 0.05) is 29.9 Å². The van der Waals surface area contributed by atoms with E-state index in [4.69, 9.17) is 0 Å². The van der Waals surface area contributed by atoms with E-state index in [9.17, 15) is 8.42 Å². The summed E-state index contributed by atoms with van der Waals surface area (Å²) in [5.74, 6) is 0. The van der Waals surface area contributed by atoms with Crippen LogP contribution in [0.25, 0.3) is 10.9 Å². The number of nitrogens with zero attached hydrogens (tertiary/aromatic N) is 1. The molecule has 5 nitrogen and oxygen atoms in total. The first kappa shape index (κ1) is 18.7. The quantitative estimate of drug-likeness (QED) is 0.680. The Kier molecular flexibility index (Phi) is 6.57. The Labute approximate surface area is 144 Å². The second kappa shape index (κ2) is 8.44. The van der Waals surface area contributed by atoms with Crippen molar-refractivity contribution in [2.24, 2.45) is 0 Å². The number of unbranched alkanes of at least 4 members (excludes halogenated alkanes) is 2. The van der Waals surface area contributed by atoms with Crippen LogP contribution in [0, 0.1) is 6.92 Å². The summed E-state index contributed by atoms with van der Waals surface area (Å²) >= 11 is 0. The normalized spacial score (nSPS) is 12.0. The zero-order chi connectivity index (χ0) is 17.6. The van der Waals surface area contributed by atoms with Crippen LogP contribution in [0.1, 0.15) is 38.8 Å². The summed E-state index contributed by atoms with van der Waals surface area (Å²) in [7, 11) is -3.14. The topological polar surface area (TPSA) is 71.1 Å². The average Bonchev–Trinajstić information content (AvgIpc) is 2.53. The number of aryl methyl sites for hydroxylation is 1. The molecular weight excluding hydrogens is 322 g/mol. The third-order valence-corrected chi connectivity index (χ3v) is 5.78. The van der Waals surface area contributed by atoms with Crippen molar-refractivity contribution in [3.63, 3.8) is 0 Å². The van der Waals surface area contributed by atoms with Crippen LogP contribution in [0.5, 0.6) is 0 Å². The summed E-state index contributed by atoms with van der Waals surface area (Å²) in [5, 5.41) is 4.23. The number of hydrogen-bond acceptors (Lipinski definition) is 4. The van der Waals surface area contributed by atoms with Gasteiger partial charge in [0.1, 0.15) is 0 Å². The molecule has 0 amide bonds. The molecule has 0 aliphatic carbocycles. The number of benzene rings is 1. The molecule has 0 unspecified atom stereocenters. The average molecular weight is 350 g/mol. The molecule has 132 valence electrons. The first-order valence-corrected chi connectivity index (χ1v) is 10.0. The van der Waals surface area contributed by atoms with Crippen molar-refractivity contribution >= 4 is 26.6 Å². The highest BCUT2D eigenvalue weighted by Crippen LogP contribution is 2.22. The largest absolute Gasteiger partial charge is 0.384 e. The van der Waals surface area contributed by atoms with Crippen molar-refractivity contribution in [1.29, 1.82) is 0 Å². The molecule has 0 fully saturated rings. The lowest BCUT2D eigenvalue weighted by Crippen LogP contribution is -2.31. The lowest BCUT2D eigenvalue weighted by molar-refractivity contribution is 0.566. The van der Waals surface area contributed by atoms with Gasteiger partial charge in [0.05, 0.1) is 10.8 Å². The van der Waals surface area contributed by atoms with E-state index in [1.165, 1.54) is 0 Å². The van der Waals surface area contributed by atoms with Crippen LogP contribution in [0.3, 0.4) is 0 Å². The summed E-state index contributed by atoms with van der Waals surface area (Å²) in [6.07, 6.45) is 2.83. The maximum absolute atomic E-state index is 11.6. The minimum Gasteiger partial charge on any atom is -0.384 e.